The third-order valence-corrected chi connectivity index (χ3v) is 3.27. The molecule has 0 saturated carbocycles. The highest BCUT2D eigenvalue weighted by atomic mass is 127. The summed E-state index contributed by atoms with van der Waals surface area (Å²) in [6.45, 7) is 0. The SMILES string of the molecule is O=C1CCc2c(I)cccc2C1. The van der Waals surface area contributed by atoms with Gasteiger partial charge in [-0.2, -0.15) is 0 Å². The van der Waals surface area contributed by atoms with E-state index in [1.165, 1.54) is 14.7 Å². The number of hydrogen-bond acceptors (Lipinski definition) is 1. The molecule has 0 N–H and O–H groups in total. The Balaban J connectivity index is 2.48. The van der Waals surface area contributed by atoms with E-state index in [1.54, 1.807) is 0 Å². The van der Waals surface area contributed by atoms with Gasteiger partial charge in [-0.3, -0.25) is 4.79 Å². The van der Waals surface area contributed by atoms with E-state index in [0.717, 1.165) is 12.8 Å². The van der Waals surface area contributed by atoms with Crippen molar-refractivity contribution < 1.29 is 4.79 Å². The molecule has 0 heterocycles. The Morgan fingerprint density at radius 1 is 1.25 bits per heavy atom. The second-order valence-electron chi connectivity index (χ2n) is 3.09. The Hall–Kier alpha value is -0.380. The molecule has 0 fully saturated rings. The summed E-state index contributed by atoms with van der Waals surface area (Å²) in [6, 6.07) is 6.20. The van der Waals surface area contributed by atoms with Crippen LogP contribution in [-0.2, 0) is 17.6 Å². The van der Waals surface area contributed by atoms with E-state index in [0.29, 0.717) is 12.2 Å². The van der Waals surface area contributed by atoms with E-state index in [-0.39, 0.29) is 0 Å². The van der Waals surface area contributed by atoms with Gasteiger partial charge in [-0.1, -0.05) is 12.1 Å². The van der Waals surface area contributed by atoms with Crippen LogP contribution in [0, 0.1) is 3.57 Å². The Morgan fingerprint density at radius 2 is 2.08 bits per heavy atom. The van der Waals surface area contributed by atoms with Crippen LogP contribution in [0.3, 0.4) is 0 Å². The van der Waals surface area contributed by atoms with E-state index < -0.39 is 0 Å². The normalized spacial score (nSPS) is 15.9. The number of halogens is 1. The van der Waals surface area contributed by atoms with Crippen molar-refractivity contribution in [1.82, 2.24) is 0 Å². The highest BCUT2D eigenvalue weighted by molar-refractivity contribution is 14.1. The number of Topliss-reactive ketones (excluding diaryl/α,β-unsaturated/α-hetero) is 1. The lowest BCUT2D eigenvalue weighted by Crippen LogP contribution is -2.14. The van der Waals surface area contributed by atoms with Gasteiger partial charge >= 0.3 is 0 Å². The summed E-state index contributed by atoms with van der Waals surface area (Å²) < 4.78 is 1.30. The van der Waals surface area contributed by atoms with E-state index >= 15 is 0 Å². The predicted molar refractivity (Wildman–Crippen MR) is 56.2 cm³/mol. The van der Waals surface area contributed by atoms with Crippen LogP contribution in [0.15, 0.2) is 18.2 Å². The van der Waals surface area contributed by atoms with E-state index in [2.05, 4.69) is 34.7 Å². The van der Waals surface area contributed by atoms with Gasteiger partial charge in [-0.25, -0.2) is 0 Å². The smallest absolute Gasteiger partial charge is 0.137 e. The van der Waals surface area contributed by atoms with Crippen LogP contribution in [0.5, 0.6) is 0 Å². The molecule has 1 aliphatic carbocycles. The zero-order valence-electron chi connectivity index (χ0n) is 6.64. The summed E-state index contributed by atoms with van der Waals surface area (Å²) in [5.41, 5.74) is 2.62. The Labute approximate surface area is 85.3 Å². The summed E-state index contributed by atoms with van der Waals surface area (Å²) in [5.74, 6) is 0.379. The summed E-state index contributed by atoms with van der Waals surface area (Å²) in [5, 5.41) is 0. The average Bonchev–Trinajstić information content (AvgIpc) is 2.04. The lowest BCUT2D eigenvalue weighted by atomic mass is 9.91. The van der Waals surface area contributed by atoms with Crippen molar-refractivity contribution in [3.8, 4) is 0 Å². The van der Waals surface area contributed by atoms with Crippen LogP contribution in [-0.4, -0.2) is 5.78 Å². The number of carbonyl (C=O) groups is 1. The average molecular weight is 272 g/mol. The number of hydrogen-bond donors (Lipinski definition) is 0. The molecule has 1 nitrogen and oxygen atoms in total. The van der Waals surface area contributed by atoms with E-state index in [9.17, 15) is 4.79 Å². The van der Waals surface area contributed by atoms with Crippen molar-refractivity contribution in [2.24, 2.45) is 0 Å². The highest BCUT2D eigenvalue weighted by Gasteiger charge is 2.16. The lowest BCUT2D eigenvalue weighted by molar-refractivity contribution is -0.118. The number of benzene rings is 1. The molecule has 0 amide bonds. The molecule has 0 saturated heterocycles. The standard InChI is InChI=1S/C10H9IO/c11-10-3-1-2-7-6-8(12)4-5-9(7)10/h1-3H,4-6H2. The molecule has 2 heteroatoms. The van der Waals surface area contributed by atoms with Gasteiger partial charge in [0.2, 0.25) is 0 Å². The molecule has 1 aromatic carbocycles. The largest absolute Gasteiger partial charge is 0.299 e. The first-order chi connectivity index (χ1) is 5.77. The molecular formula is C10H9IO. The number of ketones is 1. The maximum Gasteiger partial charge on any atom is 0.137 e. The van der Waals surface area contributed by atoms with Crippen LogP contribution < -0.4 is 0 Å². The van der Waals surface area contributed by atoms with Crippen molar-refractivity contribution in [3.05, 3.63) is 32.9 Å². The van der Waals surface area contributed by atoms with Gasteiger partial charge in [0, 0.05) is 16.4 Å². The molecule has 0 aromatic heterocycles. The maximum atomic E-state index is 11.1. The van der Waals surface area contributed by atoms with Gasteiger partial charge in [0.15, 0.2) is 0 Å². The molecule has 2 rings (SSSR count). The second kappa shape index (κ2) is 3.17. The Bertz CT molecular complexity index is 331. The predicted octanol–water partition coefficient (Wildman–Crippen LogP) is 2.35. The van der Waals surface area contributed by atoms with Crippen molar-refractivity contribution in [1.29, 1.82) is 0 Å². The zero-order valence-corrected chi connectivity index (χ0v) is 8.80. The molecular weight excluding hydrogens is 263 g/mol. The maximum absolute atomic E-state index is 11.1. The first kappa shape index (κ1) is 8.23. The fourth-order valence-corrected chi connectivity index (χ4v) is 2.44. The van der Waals surface area contributed by atoms with Crippen molar-refractivity contribution in [3.63, 3.8) is 0 Å². The fraction of sp³-hybridized carbons (Fsp3) is 0.300. The third kappa shape index (κ3) is 1.40. The Kier molecular flexibility index (Phi) is 2.17. The van der Waals surface area contributed by atoms with Gasteiger partial charge in [0.1, 0.15) is 5.78 Å². The van der Waals surface area contributed by atoms with Crippen LogP contribution >= 0.6 is 22.6 Å². The highest BCUT2D eigenvalue weighted by Crippen LogP contribution is 2.23. The van der Waals surface area contributed by atoms with Crippen LogP contribution in [0.2, 0.25) is 0 Å². The quantitative estimate of drug-likeness (QED) is 0.662. The lowest BCUT2D eigenvalue weighted by Gasteiger charge is -2.15. The van der Waals surface area contributed by atoms with E-state index in [4.69, 9.17) is 0 Å². The Morgan fingerprint density at radius 3 is 2.92 bits per heavy atom. The molecule has 1 aromatic rings. The first-order valence-corrected chi connectivity index (χ1v) is 5.13. The van der Waals surface area contributed by atoms with Crippen LogP contribution in [0.4, 0.5) is 0 Å². The molecule has 0 atom stereocenters. The van der Waals surface area contributed by atoms with Crippen molar-refractivity contribution >= 4 is 28.4 Å². The number of rotatable bonds is 0. The molecule has 62 valence electrons. The van der Waals surface area contributed by atoms with Crippen molar-refractivity contribution in [2.75, 3.05) is 0 Å². The minimum atomic E-state index is 0.379. The third-order valence-electron chi connectivity index (χ3n) is 2.26. The van der Waals surface area contributed by atoms with Gasteiger partial charge in [0.25, 0.3) is 0 Å². The minimum absolute atomic E-state index is 0.379. The molecule has 0 spiro atoms. The molecule has 0 unspecified atom stereocenters. The first-order valence-electron chi connectivity index (χ1n) is 4.05. The van der Waals surface area contributed by atoms with E-state index in [1.807, 2.05) is 6.07 Å². The fourth-order valence-electron chi connectivity index (χ4n) is 1.61. The van der Waals surface area contributed by atoms with Crippen LogP contribution in [0.25, 0.3) is 0 Å². The summed E-state index contributed by atoms with van der Waals surface area (Å²) >= 11 is 2.34. The number of fused-ring (bicyclic) bond motifs is 1. The summed E-state index contributed by atoms with van der Waals surface area (Å²) in [7, 11) is 0. The monoisotopic (exact) mass is 272 g/mol. The topological polar surface area (TPSA) is 17.1 Å². The molecule has 0 aliphatic heterocycles. The minimum Gasteiger partial charge on any atom is -0.299 e. The van der Waals surface area contributed by atoms with Gasteiger partial charge in [0.05, 0.1) is 0 Å². The summed E-state index contributed by atoms with van der Waals surface area (Å²) in [4.78, 5) is 11.1. The molecule has 12 heavy (non-hydrogen) atoms. The number of carbonyl (C=O) groups excluding carboxylic acids is 1. The van der Waals surface area contributed by atoms with Gasteiger partial charge in [-0.15, -0.1) is 0 Å². The van der Waals surface area contributed by atoms with Gasteiger partial charge in [-0.05, 0) is 46.2 Å². The summed E-state index contributed by atoms with van der Waals surface area (Å²) in [6.07, 6.45) is 2.31. The van der Waals surface area contributed by atoms with Crippen LogP contribution in [0.1, 0.15) is 17.5 Å². The van der Waals surface area contributed by atoms with Gasteiger partial charge < -0.3 is 0 Å². The zero-order chi connectivity index (χ0) is 8.55. The van der Waals surface area contributed by atoms with Crippen molar-refractivity contribution in [2.45, 2.75) is 19.3 Å². The molecule has 0 radical (unpaired) electrons. The molecule has 1 aliphatic rings. The molecule has 0 bridgehead atoms. The second-order valence-corrected chi connectivity index (χ2v) is 4.26.